The molecule has 9 rings (SSSR count). The Morgan fingerprint density at radius 3 is 1.16 bits per heavy atom. The second-order valence-corrected chi connectivity index (χ2v) is 12.8. The molecule has 0 aromatic heterocycles. The first-order chi connectivity index (χ1) is 25.3. The minimum absolute atomic E-state index is 0.107. The van der Waals surface area contributed by atoms with E-state index in [0.29, 0.717) is 0 Å². The van der Waals surface area contributed by atoms with Gasteiger partial charge in [-0.2, -0.15) is 0 Å². The lowest BCUT2D eigenvalue weighted by Gasteiger charge is -2.17. The van der Waals surface area contributed by atoms with Crippen molar-refractivity contribution >= 4 is 45.8 Å². The molecule has 0 atom stereocenters. The molecule has 0 fully saturated rings. The highest BCUT2D eigenvalue weighted by atomic mass is 16.7. The van der Waals surface area contributed by atoms with Crippen LogP contribution < -0.4 is 9.47 Å². The van der Waals surface area contributed by atoms with Gasteiger partial charge in [0.05, 0.1) is 0 Å². The minimum Gasteiger partial charge on any atom is -0.456 e. The van der Waals surface area contributed by atoms with Gasteiger partial charge in [0, 0.05) is 22.3 Å². The summed E-state index contributed by atoms with van der Waals surface area (Å²) in [6.07, 6.45) is 8.66. The zero-order chi connectivity index (χ0) is 34.0. The Morgan fingerprint density at radius 2 is 0.725 bits per heavy atom. The monoisotopic (exact) mass is 654 g/mol. The van der Waals surface area contributed by atoms with Crippen molar-refractivity contribution in [2.75, 3.05) is 6.79 Å². The summed E-state index contributed by atoms with van der Waals surface area (Å²) in [6, 6.07) is 59.9. The van der Waals surface area contributed by atoms with Gasteiger partial charge in [-0.1, -0.05) is 182 Å². The van der Waals surface area contributed by atoms with Gasteiger partial charge in [-0.05, 0) is 67.1 Å². The molecule has 0 unspecified atom stereocenters. The average molecular weight is 655 g/mol. The molecule has 2 nitrogen and oxygen atoms in total. The number of fused-ring (bicyclic) bond motifs is 7. The Morgan fingerprint density at radius 1 is 0.353 bits per heavy atom. The van der Waals surface area contributed by atoms with Gasteiger partial charge < -0.3 is 9.47 Å². The topological polar surface area (TPSA) is 18.5 Å². The fourth-order valence-corrected chi connectivity index (χ4v) is 7.11. The highest BCUT2D eigenvalue weighted by Crippen LogP contribution is 2.50. The Kier molecular flexibility index (Phi) is 7.96. The van der Waals surface area contributed by atoms with Crippen LogP contribution in [-0.4, -0.2) is 6.79 Å². The Bertz CT molecular complexity index is 2380. The van der Waals surface area contributed by atoms with Crippen molar-refractivity contribution in [3.05, 3.63) is 192 Å². The molecule has 0 saturated heterocycles. The Hall–Kier alpha value is -6.64. The minimum atomic E-state index is 0.107. The van der Waals surface area contributed by atoms with Gasteiger partial charge in [0.1, 0.15) is 11.5 Å². The summed E-state index contributed by atoms with van der Waals surface area (Å²) < 4.78 is 13.1. The fraction of sp³-hybridized carbons (Fsp3) is 0.0204. The lowest BCUT2D eigenvalue weighted by Crippen LogP contribution is -2.05. The number of hydrogen-bond acceptors (Lipinski definition) is 2. The van der Waals surface area contributed by atoms with Gasteiger partial charge in [-0.3, -0.25) is 0 Å². The molecular formula is C49H34O2. The van der Waals surface area contributed by atoms with Crippen LogP contribution in [0.2, 0.25) is 0 Å². The van der Waals surface area contributed by atoms with E-state index in [9.17, 15) is 0 Å². The summed E-state index contributed by atoms with van der Waals surface area (Å²) in [5.41, 5.74) is 11.2. The van der Waals surface area contributed by atoms with Gasteiger partial charge in [0.2, 0.25) is 6.79 Å². The van der Waals surface area contributed by atoms with Crippen molar-refractivity contribution in [1.82, 2.24) is 0 Å². The van der Waals surface area contributed by atoms with Crippen molar-refractivity contribution in [3.63, 3.8) is 0 Å². The van der Waals surface area contributed by atoms with Crippen LogP contribution in [0.25, 0.3) is 79.2 Å². The smallest absolute Gasteiger partial charge is 0.231 e. The molecule has 0 bridgehead atoms. The molecule has 0 amide bonds. The van der Waals surface area contributed by atoms with Crippen LogP contribution >= 0.6 is 0 Å². The molecule has 0 aliphatic carbocycles. The van der Waals surface area contributed by atoms with E-state index < -0.39 is 0 Å². The van der Waals surface area contributed by atoms with E-state index in [4.69, 9.17) is 9.47 Å². The quantitative estimate of drug-likeness (QED) is 0.166. The van der Waals surface area contributed by atoms with E-state index in [0.717, 1.165) is 66.4 Å². The Labute approximate surface area is 298 Å². The molecule has 1 aliphatic heterocycles. The lowest BCUT2D eigenvalue weighted by molar-refractivity contribution is 0.124. The van der Waals surface area contributed by atoms with Crippen molar-refractivity contribution in [3.8, 4) is 44.9 Å². The number of hydrogen-bond donors (Lipinski definition) is 0. The summed E-state index contributed by atoms with van der Waals surface area (Å²) in [6.45, 7) is 0.107. The van der Waals surface area contributed by atoms with Crippen LogP contribution in [0.1, 0.15) is 22.3 Å². The van der Waals surface area contributed by atoms with Crippen LogP contribution in [0.4, 0.5) is 0 Å². The maximum atomic E-state index is 6.56. The third-order valence-electron chi connectivity index (χ3n) is 9.66. The van der Waals surface area contributed by atoms with Crippen LogP contribution in [0.5, 0.6) is 11.5 Å². The van der Waals surface area contributed by atoms with Crippen molar-refractivity contribution in [1.29, 1.82) is 0 Å². The fourth-order valence-electron chi connectivity index (χ4n) is 7.11. The summed E-state index contributed by atoms with van der Waals surface area (Å²) in [5, 5.41) is 4.56. The predicted octanol–water partition coefficient (Wildman–Crippen LogP) is 13.1. The van der Waals surface area contributed by atoms with Gasteiger partial charge >= 0.3 is 0 Å². The highest BCUT2D eigenvalue weighted by molar-refractivity contribution is 6.12. The van der Waals surface area contributed by atoms with E-state index in [1.807, 2.05) is 12.1 Å². The molecule has 0 saturated carbocycles. The first kappa shape index (κ1) is 30.4. The van der Waals surface area contributed by atoms with Crippen LogP contribution in [0.15, 0.2) is 170 Å². The standard InChI is InChI=1S/C49H34O2/c1-3-11-36(12-4-1)38-25-19-34(20-26-38)23-29-42-31-40-15-7-9-17-44(40)46-47-45-18-10-8-16-41(45)32-43(49(47)51-33-50-48(42)46)30-24-35-21-27-39(28-22-35)37-13-5-2-6-14-37/h1-32H,33H2/b29-23-,30-24-. The van der Waals surface area contributed by atoms with E-state index in [-0.39, 0.29) is 6.79 Å². The van der Waals surface area contributed by atoms with Gasteiger partial charge in [-0.25, -0.2) is 0 Å². The highest BCUT2D eigenvalue weighted by Gasteiger charge is 2.26. The van der Waals surface area contributed by atoms with E-state index in [2.05, 4.69) is 182 Å². The zero-order valence-corrected chi connectivity index (χ0v) is 28.0. The zero-order valence-electron chi connectivity index (χ0n) is 28.0. The summed E-state index contributed by atoms with van der Waals surface area (Å²) in [7, 11) is 0. The molecule has 51 heavy (non-hydrogen) atoms. The van der Waals surface area contributed by atoms with E-state index >= 15 is 0 Å². The summed E-state index contributed by atoms with van der Waals surface area (Å²) >= 11 is 0. The molecule has 8 aromatic rings. The van der Waals surface area contributed by atoms with E-state index in [1.54, 1.807) is 0 Å². The molecule has 1 heterocycles. The first-order valence-electron chi connectivity index (χ1n) is 17.3. The second-order valence-electron chi connectivity index (χ2n) is 12.8. The van der Waals surface area contributed by atoms with Crippen molar-refractivity contribution in [2.24, 2.45) is 0 Å². The average Bonchev–Trinajstić information content (AvgIpc) is 3.41. The van der Waals surface area contributed by atoms with Crippen LogP contribution in [0, 0.1) is 0 Å². The molecule has 2 heteroatoms. The lowest BCUT2D eigenvalue weighted by atomic mass is 9.88. The first-order valence-corrected chi connectivity index (χ1v) is 17.3. The molecule has 0 N–H and O–H groups in total. The number of benzene rings is 8. The molecule has 1 aliphatic rings. The number of rotatable bonds is 6. The normalized spacial score (nSPS) is 12.4. The summed E-state index contributed by atoms with van der Waals surface area (Å²) in [5.74, 6) is 1.65. The van der Waals surface area contributed by atoms with E-state index in [1.165, 1.54) is 22.3 Å². The van der Waals surface area contributed by atoms with Crippen LogP contribution in [0.3, 0.4) is 0 Å². The molecule has 0 radical (unpaired) electrons. The second kappa shape index (κ2) is 13.3. The van der Waals surface area contributed by atoms with Gasteiger partial charge in [-0.15, -0.1) is 0 Å². The molecular weight excluding hydrogens is 621 g/mol. The maximum absolute atomic E-state index is 6.56. The van der Waals surface area contributed by atoms with Gasteiger partial charge in [0.25, 0.3) is 0 Å². The molecule has 8 aromatic carbocycles. The third kappa shape index (κ3) is 5.98. The number of ether oxygens (including phenoxy) is 2. The van der Waals surface area contributed by atoms with Gasteiger partial charge in [0.15, 0.2) is 0 Å². The van der Waals surface area contributed by atoms with Crippen LogP contribution in [-0.2, 0) is 0 Å². The SMILES string of the molecule is C(=C/c1cc2ccccc2c2c1OCOc1c(/C=C\c3ccc(-c4ccccc4)cc3)cc3ccccc3c1-2)/c1ccc(-c2ccccc2)cc1. The van der Waals surface area contributed by atoms with Crippen molar-refractivity contribution in [2.45, 2.75) is 0 Å². The molecule has 242 valence electrons. The van der Waals surface area contributed by atoms with Crippen molar-refractivity contribution < 1.29 is 9.47 Å². The Balaban J connectivity index is 1.15. The molecule has 0 spiro atoms. The third-order valence-corrected chi connectivity index (χ3v) is 9.66. The predicted molar refractivity (Wildman–Crippen MR) is 215 cm³/mol. The summed E-state index contributed by atoms with van der Waals surface area (Å²) in [4.78, 5) is 0. The largest absolute Gasteiger partial charge is 0.456 e. The maximum Gasteiger partial charge on any atom is 0.231 e.